The third kappa shape index (κ3) is 6.80. The van der Waals surface area contributed by atoms with E-state index in [0.29, 0.717) is 45.3 Å². The Morgan fingerprint density at radius 1 is 1.15 bits per heavy atom. The number of fused-ring (bicyclic) bond motifs is 1. The van der Waals surface area contributed by atoms with Gasteiger partial charge in [-0.2, -0.15) is 0 Å². The van der Waals surface area contributed by atoms with Gasteiger partial charge in [0.25, 0.3) is 0 Å². The number of thiazole rings is 1. The Kier molecular flexibility index (Phi) is 9.31. The van der Waals surface area contributed by atoms with Crippen LogP contribution in [0.1, 0.15) is 47.5 Å². The lowest BCUT2D eigenvalue weighted by Gasteiger charge is -2.33. The van der Waals surface area contributed by atoms with Crippen LogP contribution in [0, 0.1) is 17.3 Å². The van der Waals surface area contributed by atoms with E-state index < -0.39 is 35.5 Å². The first kappa shape index (κ1) is 33.8. The summed E-state index contributed by atoms with van der Waals surface area (Å²) in [5.74, 6) is -0.959. The van der Waals surface area contributed by atoms with Crippen LogP contribution in [0.5, 0.6) is 11.5 Å². The SMILES string of the molecule is C=C[C@H]1C[C@]1(NC(=O)[C@@H]1CC(Oc2cc(-c3csc(NC(C)=O)n3)nc3cc(OC)ccc23)CN1C(=O)[C@@H](C)C(C)(C)C)C(=O)OC. The number of esters is 1. The smallest absolute Gasteiger partial charge is 0.332 e. The summed E-state index contributed by atoms with van der Waals surface area (Å²) >= 11 is 1.27. The molecular formula is C34H41N5O7S. The van der Waals surface area contributed by atoms with Crippen molar-refractivity contribution in [1.82, 2.24) is 20.2 Å². The second-order valence-corrected chi connectivity index (χ2v) is 14.0. The van der Waals surface area contributed by atoms with Crippen LogP contribution in [0.4, 0.5) is 5.13 Å². The van der Waals surface area contributed by atoms with Crippen LogP contribution in [0.25, 0.3) is 22.3 Å². The Labute approximate surface area is 277 Å². The van der Waals surface area contributed by atoms with Gasteiger partial charge in [0.05, 0.1) is 32.0 Å². The normalized spacial score (nSPS) is 22.7. The van der Waals surface area contributed by atoms with Gasteiger partial charge >= 0.3 is 5.97 Å². The van der Waals surface area contributed by atoms with Gasteiger partial charge in [-0.1, -0.05) is 33.8 Å². The molecule has 3 heterocycles. The van der Waals surface area contributed by atoms with Crippen molar-refractivity contribution >= 4 is 51.1 Å². The number of likely N-dealkylation sites (tertiary alicyclic amines) is 1. The Balaban J connectivity index is 1.49. The molecule has 1 aromatic carbocycles. The zero-order valence-corrected chi connectivity index (χ0v) is 28.5. The Morgan fingerprint density at radius 2 is 1.89 bits per heavy atom. The van der Waals surface area contributed by atoms with Crippen LogP contribution in [0.2, 0.25) is 0 Å². The monoisotopic (exact) mass is 663 g/mol. The average Bonchev–Trinajstić information content (AvgIpc) is 3.31. The second-order valence-electron chi connectivity index (χ2n) is 13.2. The number of hydrogen-bond donors (Lipinski definition) is 2. The number of benzene rings is 1. The molecule has 2 aromatic heterocycles. The average molecular weight is 664 g/mol. The molecule has 1 aliphatic heterocycles. The van der Waals surface area contributed by atoms with Gasteiger partial charge in [0.15, 0.2) is 5.13 Å². The number of rotatable bonds is 10. The molecule has 2 aliphatic rings. The largest absolute Gasteiger partial charge is 0.497 e. The van der Waals surface area contributed by atoms with Crippen molar-refractivity contribution in [2.45, 2.75) is 65.1 Å². The van der Waals surface area contributed by atoms with Crippen molar-refractivity contribution in [3.63, 3.8) is 0 Å². The number of methoxy groups -OCH3 is 2. The molecule has 12 nitrogen and oxygen atoms in total. The highest BCUT2D eigenvalue weighted by Gasteiger charge is 2.62. The maximum atomic E-state index is 13.9. The van der Waals surface area contributed by atoms with E-state index in [-0.39, 0.29) is 36.1 Å². The van der Waals surface area contributed by atoms with E-state index in [0.717, 1.165) is 0 Å². The van der Waals surface area contributed by atoms with Crippen LogP contribution in [-0.2, 0) is 23.9 Å². The maximum absolute atomic E-state index is 13.9. The molecule has 47 heavy (non-hydrogen) atoms. The van der Waals surface area contributed by atoms with Gasteiger partial charge in [-0.25, -0.2) is 14.8 Å². The molecule has 13 heteroatoms. The van der Waals surface area contributed by atoms with Crippen LogP contribution in [0.3, 0.4) is 0 Å². The standard InChI is InChI=1S/C34H41N5O7S/c1-9-20-15-34(20,31(43)45-8)38-29(41)27-13-22(16-39(27)30(42)18(2)33(4,5)6)46-28-14-25(26-17-47-32(37-26)35-19(3)40)36-24-12-21(44-7)10-11-23(24)28/h9-12,14,17-18,20,22,27H,1,13,15-16H2,2-8H3,(H,38,41)(H,35,37,40)/t18-,20+,22?,27+,34-/m1/s1. The molecule has 3 amide bonds. The summed E-state index contributed by atoms with van der Waals surface area (Å²) in [5.41, 5.74) is 0.0990. The first-order chi connectivity index (χ1) is 22.2. The number of aromatic nitrogens is 2. The summed E-state index contributed by atoms with van der Waals surface area (Å²) in [6.07, 6.45) is 1.65. The van der Waals surface area contributed by atoms with Crippen molar-refractivity contribution in [3.8, 4) is 22.9 Å². The highest BCUT2D eigenvalue weighted by atomic mass is 32.1. The first-order valence-corrected chi connectivity index (χ1v) is 16.3. The van der Waals surface area contributed by atoms with E-state index >= 15 is 0 Å². The zero-order chi connectivity index (χ0) is 34.3. The van der Waals surface area contributed by atoms with Crippen molar-refractivity contribution in [3.05, 3.63) is 42.3 Å². The van der Waals surface area contributed by atoms with Gasteiger partial charge in [-0.15, -0.1) is 17.9 Å². The molecule has 0 bridgehead atoms. The number of hydrogen-bond acceptors (Lipinski definition) is 10. The Bertz CT molecular complexity index is 1730. The van der Waals surface area contributed by atoms with E-state index in [1.807, 2.05) is 33.8 Å². The molecule has 3 aromatic rings. The topological polar surface area (TPSA) is 149 Å². The third-order valence-electron chi connectivity index (χ3n) is 9.04. The molecule has 5 atom stereocenters. The molecule has 250 valence electrons. The summed E-state index contributed by atoms with van der Waals surface area (Å²) in [4.78, 5) is 63.0. The summed E-state index contributed by atoms with van der Waals surface area (Å²) in [7, 11) is 2.85. The Hall–Kier alpha value is -4.52. The highest BCUT2D eigenvalue weighted by Crippen LogP contribution is 2.46. The van der Waals surface area contributed by atoms with Gasteiger partial charge in [-0.05, 0) is 24.0 Å². The number of amides is 3. The van der Waals surface area contributed by atoms with E-state index in [2.05, 4.69) is 22.2 Å². The number of ether oxygens (including phenoxy) is 3. The lowest BCUT2D eigenvalue weighted by atomic mass is 9.81. The lowest BCUT2D eigenvalue weighted by molar-refractivity contribution is -0.148. The molecular weight excluding hydrogens is 622 g/mol. The summed E-state index contributed by atoms with van der Waals surface area (Å²) in [6, 6.07) is 6.32. The van der Waals surface area contributed by atoms with Crippen molar-refractivity contribution in [2.75, 3.05) is 26.1 Å². The van der Waals surface area contributed by atoms with E-state index in [9.17, 15) is 19.2 Å². The molecule has 1 saturated carbocycles. The van der Waals surface area contributed by atoms with Gasteiger partial charge in [0.1, 0.15) is 34.9 Å². The fraction of sp³-hybridized carbons (Fsp3) is 0.471. The molecule has 1 saturated heterocycles. The Morgan fingerprint density at radius 3 is 2.51 bits per heavy atom. The molecule has 0 radical (unpaired) electrons. The molecule has 5 rings (SSSR count). The van der Waals surface area contributed by atoms with Gasteiger partial charge in [-0.3, -0.25) is 14.4 Å². The first-order valence-electron chi connectivity index (χ1n) is 15.4. The van der Waals surface area contributed by atoms with Crippen LogP contribution in [-0.4, -0.2) is 77.0 Å². The van der Waals surface area contributed by atoms with Crippen molar-refractivity contribution < 1.29 is 33.4 Å². The van der Waals surface area contributed by atoms with Crippen LogP contribution < -0.4 is 20.1 Å². The maximum Gasteiger partial charge on any atom is 0.332 e. The minimum atomic E-state index is -1.20. The number of nitrogens with one attached hydrogen (secondary N) is 2. The summed E-state index contributed by atoms with van der Waals surface area (Å²) < 4.78 is 17.1. The number of anilines is 1. The molecule has 2 fully saturated rings. The fourth-order valence-electron chi connectivity index (χ4n) is 5.79. The minimum Gasteiger partial charge on any atom is -0.497 e. The third-order valence-corrected chi connectivity index (χ3v) is 9.79. The minimum absolute atomic E-state index is 0.159. The van der Waals surface area contributed by atoms with E-state index in [1.54, 1.807) is 41.7 Å². The van der Waals surface area contributed by atoms with Gasteiger partial charge < -0.3 is 29.7 Å². The van der Waals surface area contributed by atoms with Crippen LogP contribution in [0.15, 0.2) is 42.3 Å². The van der Waals surface area contributed by atoms with Crippen LogP contribution >= 0.6 is 11.3 Å². The molecule has 1 aliphatic carbocycles. The van der Waals surface area contributed by atoms with Gasteiger partial charge in [0.2, 0.25) is 17.7 Å². The molecule has 1 unspecified atom stereocenters. The van der Waals surface area contributed by atoms with Crippen molar-refractivity contribution in [1.29, 1.82) is 0 Å². The van der Waals surface area contributed by atoms with Crippen molar-refractivity contribution in [2.24, 2.45) is 17.3 Å². The number of carbonyl (C=O) groups excluding carboxylic acids is 4. The fourth-order valence-corrected chi connectivity index (χ4v) is 6.54. The number of carbonyl (C=O) groups is 4. The van der Waals surface area contributed by atoms with E-state index in [4.69, 9.17) is 19.2 Å². The quantitative estimate of drug-likeness (QED) is 0.235. The molecule has 2 N–H and O–H groups in total. The number of nitrogens with zero attached hydrogens (tertiary/aromatic N) is 3. The predicted octanol–water partition coefficient (Wildman–Crippen LogP) is 4.59. The van der Waals surface area contributed by atoms with Gasteiger partial charge in [0, 0.05) is 48.1 Å². The van der Waals surface area contributed by atoms with E-state index in [1.165, 1.54) is 25.4 Å². The second kappa shape index (κ2) is 12.9. The zero-order valence-electron chi connectivity index (χ0n) is 27.7. The molecule has 0 spiro atoms. The highest BCUT2D eigenvalue weighted by molar-refractivity contribution is 7.14. The summed E-state index contributed by atoms with van der Waals surface area (Å²) in [5, 5.41) is 8.53. The number of pyridine rings is 1. The summed E-state index contributed by atoms with van der Waals surface area (Å²) in [6.45, 7) is 13.2. The predicted molar refractivity (Wildman–Crippen MR) is 178 cm³/mol. The lowest BCUT2D eigenvalue weighted by Crippen LogP contribution is -2.54.